The minimum atomic E-state index is -1.07. The number of hydrogen-bond donors (Lipinski definition) is 1. The number of aromatic nitrogens is 1. The lowest BCUT2D eigenvalue weighted by molar-refractivity contribution is 0.0697. The van der Waals surface area contributed by atoms with Crippen molar-refractivity contribution in [3.63, 3.8) is 0 Å². The Morgan fingerprint density at radius 2 is 1.88 bits per heavy atom. The molecule has 1 N–H and O–H groups in total. The number of carbonyl (C=O) groups is 1. The molecule has 0 saturated heterocycles. The van der Waals surface area contributed by atoms with Crippen molar-refractivity contribution in [2.75, 3.05) is 0 Å². The maximum absolute atomic E-state index is 11.2. The first kappa shape index (κ1) is 14.9. The molecule has 2 aromatic carbocycles. The number of carboxylic acid groups (broad SMARTS) is 1. The number of carboxylic acids is 1. The largest absolute Gasteiger partial charge is 0.478 e. The number of para-hydroxylation sites is 1. The summed E-state index contributed by atoms with van der Waals surface area (Å²) in [6.45, 7) is 0. The van der Waals surface area contributed by atoms with Crippen LogP contribution in [-0.2, 0) is 0 Å². The van der Waals surface area contributed by atoms with Crippen molar-refractivity contribution >= 4 is 39.1 Å². The predicted molar refractivity (Wildman–Crippen MR) is 94.7 cm³/mol. The van der Waals surface area contributed by atoms with Crippen LogP contribution in [0.2, 0.25) is 5.02 Å². The summed E-state index contributed by atoms with van der Waals surface area (Å²) in [5.41, 5.74) is 1.63. The van der Waals surface area contributed by atoms with Gasteiger partial charge in [0.1, 0.15) is 5.76 Å². The summed E-state index contributed by atoms with van der Waals surface area (Å²) in [6.07, 6.45) is 0. The number of halogens is 1. The lowest BCUT2D eigenvalue weighted by Crippen LogP contribution is -1.97. The van der Waals surface area contributed by atoms with E-state index in [4.69, 9.17) is 16.0 Å². The van der Waals surface area contributed by atoms with Gasteiger partial charge in [0, 0.05) is 5.56 Å². The Labute approximate surface area is 146 Å². The molecule has 0 saturated carbocycles. The van der Waals surface area contributed by atoms with Crippen molar-refractivity contribution in [2.45, 2.75) is 0 Å². The van der Waals surface area contributed by atoms with E-state index in [0.717, 1.165) is 15.2 Å². The standard InChI is InChI=1S/C18H10ClNO3S/c19-12-6-5-10(9-11(12)18(21)22)14-7-8-15(23-14)17-20-13-3-1-2-4-16(13)24-17/h1-9H,(H,21,22). The van der Waals surface area contributed by atoms with Gasteiger partial charge < -0.3 is 9.52 Å². The third-order valence-electron chi connectivity index (χ3n) is 3.59. The van der Waals surface area contributed by atoms with Gasteiger partial charge in [-0.05, 0) is 42.5 Å². The lowest BCUT2D eigenvalue weighted by atomic mass is 10.1. The van der Waals surface area contributed by atoms with Gasteiger partial charge in [0.05, 0.1) is 20.8 Å². The van der Waals surface area contributed by atoms with Gasteiger partial charge >= 0.3 is 5.97 Å². The molecule has 6 heteroatoms. The fourth-order valence-electron chi connectivity index (χ4n) is 2.43. The molecular weight excluding hydrogens is 346 g/mol. The second kappa shape index (κ2) is 5.78. The smallest absolute Gasteiger partial charge is 0.337 e. The maximum atomic E-state index is 11.2. The van der Waals surface area contributed by atoms with E-state index in [1.165, 1.54) is 6.07 Å². The van der Waals surface area contributed by atoms with Crippen LogP contribution in [0.3, 0.4) is 0 Å². The molecule has 4 aromatic rings. The fraction of sp³-hybridized carbons (Fsp3) is 0. The van der Waals surface area contributed by atoms with Crippen LogP contribution in [0.25, 0.3) is 32.3 Å². The predicted octanol–water partition coefficient (Wildman–Crippen LogP) is 5.57. The van der Waals surface area contributed by atoms with Gasteiger partial charge in [-0.15, -0.1) is 11.3 Å². The Morgan fingerprint density at radius 1 is 1.08 bits per heavy atom. The Bertz CT molecular complexity index is 1030. The van der Waals surface area contributed by atoms with Crippen molar-refractivity contribution in [3.8, 4) is 22.1 Å². The molecule has 0 atom stereocenters. The Kier molecular flexibility index (Phi) is 3.59. The highest BCUT2D eigenvalue weighted by molar-refractivity contribution is 7.21. The minimum absolute atomic E-state index is 0.0482. The molecule has 0 radical (unpaired) electrons. The average molecular weight is 356 g/mol. The number of furan rings is 1. The summed E-state index contributed by atoms with van der Waals surface area (Å²) in [4.78, 5) is 15.8. The van der Waals surface area contributed by atoms with E-state index in [2.05, 4.69) is 4.98 Å². The second-order valence-electron chi connectivity index (χ2n) is 5.15. The third-order valence-corrected chi connectivity index (χ3v) is 4.97. The number of fused-ring (bicyclic) bond motifs is 1. The van der Waals surface area contributed by atoms with E-state index in [-0.39, 0.29) is 10.6 Å². The summed E-state index contributed by atoms with van der Waals surface area (Å²) in [5.74, 6) is 0.154. The van der Waals surface area contributed by atoms with Gasteiger partial charge in [0.2, 0.25) is 0 Å². The van der Waals surface area contributed by atoms with Crippen molar-refractivity contribution in [2.24, 2.45) is 0 Å². The highest BCUT2D eigenvalue weighted by Crippen LogP contribution is 2.34. The number of thiazole rings is 1. The molecule has 0 aliphatic heterocycles. The summed E-state index contributed by atoms with van der Waals surface area (Å²) < 4.78 is 6.96. The molecule has 0 spiro atoms. The van der Waals surface area contributed by atoms with Crippen LogP contribution in [0.5, 0.6) is 0 Å². The molecular formula is C18H10ClNO3S. The highest BCUT2D eigenvalue weighted by atomic mass is 35.5. The monoisotopic (exact) mass is 355 g/mol. The average Bonchev–Trinajstić information content (AvgIpc) is 3.21. The van der Waals surface area contributed by atoms with Crippen LogP contribution < -0.4 is 0 Å². The zero-order chi connectivity index (χ0) is 16.7. The first-order valence-electron chi connectivity index (χ1n) is 7.11. The SMILES string of the molecule is O=C(O)c1cc(-c2ccc(-c3nc4ccccc4s3)o2)ccc1Cl. The highest BCUT2D eigenvalue weighted by Gasteiger charge is 2.14. The molecule has 118 valence electrons. The molecule has 0 amide bonds. The van der Waals surface area contributed by atoms with Crippen molar-refractivity contribution in [1.29, 1.82) is 0 Å². The molecule has 0 bridgehead atoms. The number of nitrogens with zero attached hydrogens (tertiary/aromatic N) is 1. The van der Waals surface area contributed by atoms with E-state index in [0.29, 0.717) is 17.1 Å². The maximum Gasteiger partial charge on any atom is 0.337 e. The molecule has 0 fully saturated rings. The van der Waals surface area contributed by atoms with E-state index >= 15 is 0 Å². The molecule has 4 nitrogen and oxygen atoms in total. The molecule has 24 heavy (non-hydrogen) atoms. The van der Waals surface area contributed by atoms with Crippen molar-refractivity contribution < 1.29 is 14.3 Å². The summed E-state index contributed by atoms with van der Waals surface area (Å²) >= 11 is 7.45. The van der Waals surface area contributed by atoms with Crippen LogP contribution in [-0.4, -0.2) is 16.1 Å². The Morgan fingerprint density at radius 3 is 2.67 bits per heavy atom. The molecule has 0 aliphatic rings. The van der Waals surface area contributed by atoms with E-state index in [1.807, 2.05) is 30.3 Å². The number of benzene rings is 2. The molecule has 0 unspecified atom stereocenters. The van der Waals surface area contributed by atoms with E-state index in [9.17, 15) is 9.90 Å². The van der Waals surface area contributed by atoms with Crippen molar-refractivity contribution in [1.82, 2.24) is 4.98 Å². The van der Waals surface area contributed by atoms with Crippen LogP contribution in [0.1, 0.15) is 10.4 Å². The molecule has 0 aliphatic carbocycles. The van der Waals surface area contributed by atoms with Gasteiger partial charge in [0.25, 0.3) is 0 Å². The van der Waals surface area contributed by atoms with E-state index in [1.54, 1.807) is 29.5 Å². The van der Waals surface area contributed by atoms with Crippen molar-refractivity contribution in [3.05, 3.63) is 65.2 Å². The normalized spacial score (nSPS) is 11.0. The summed E-state index contributed by atoms with van der Waals surface area (Å²) in [6, 6.07) is 16.3. The van der Waals surface area contributed by atoms with Gasteiger partial charge in [-0.1, -0.05) is 23.7 Å². The molecule has 2 aromatic heterocycles. The minimum Gasteiger partial charge on any atom is -0.478 e. The van der Waals surface area contributed by atoms with Crippen LogP contribution in [0.15, 0.2) is 59.0 Å². The Hall–Kier alpha value is -2.63. The molecule has 4 rings (SSSR count). The quantitative estimate of drug-likeness (QED) is 0.521. The lowest BCUT2D eigenvalue weighted by Gasteiger charge is -2.02. The first-order chi connectivity index (χ1) is 11.6. The van der Waals surface area contributed by atoms with Crippen LogP contribution in [0.4, 0.5) is 0 Å². The van der Waals surface area contributed by atoms with Gasteiger partial charge in [-0.2, -0.15) is 0 Å². The molecule has 2 heterocycles. The third kappa shape index (κ3) is 2.58. The summed E-state index contributed by atoms with van der Waals surface area (Å²) in [7, 11) is 0. The Balaban J connectivity index is 1.75. The first-order valence-corrected chi connectivity index (χ1v) is 8.30. The summed E-state index contributed by atoms with van der Waals surface area (Å²) in [5, 5.41) is 10.2. The zero-order valence-electron chi connectivity index (χ0n) is 12.2. The van der Waals surface area contributed by atoms with Gasteiger partial charge in [0.15, 0.2) is 10.8 Å². The number of rotatable bonds is 3. The van der Waals surface area contributed by atoms with Crippen LogP contribution >= 0.6 is 22.9 Å². The van der Waals surface area contributed by atoms with Crippen LogP contribution in [0, 0.1) is 0 Å². The van der Waals surface area contributed by atoms with Gasteiger partial charge in [-0.3, -0.25) is 0 Å². The zero-order valence-corrected chi connectivity index (χ0v) is 13.8. The van der Waals surface area contributed by atoms with Gasteiger partial charge in [-0.25, -0.2) is 9.78 Å². The second-order valence-corrected chi connectivity index (χ2v) is 6.59. The number of aromatic carboxylic acids is 1. The fourth-order valence-corrected chi connectivity index (χ4v) is 3.55. The van der Waals surface area contributed by atoms with E-state index < -0.39 is 5.97 Å². The number of hydrogen-bond acceptors (Lipinski definition) is 4. The topological polar surface area (TPSA) is 63.3 Å².